The lowest BCUT2D eigenvalue weighted by molar-refractivity contribution is 0.0341. The number of hydrazine groups is 1. The van der Waals surface area contributed by atoms with Crippen molar-refractivity contribution in [2.75, 3.05) is 37.9 Å². The zero-order valence-corrected chi connectivity index (χ0v) is 17.6. The third kappa shape index (κ3) is 4.31. The van der Waals surface area contributed by atoms with E-state index >= 15 is 0 Å². The standard InChI is InChI=1S/C22H25Cl2N3O/c1-16-14-27(21-8-4-7-19(23)22(21)24)25-20(16)13-17-5-2-3-6-18(17)15-26-9-11-28-12-10-26/h2-8,25H,9-15H2,1H3. The maximum atomic E-state index is 6.41. The van der Waals surface area contributed by atoms with Crippen LogP contribution in [0.25, 0.3) is 0 Å². The normalized spacial score (nSPS) is 17.9. The summed E-state index contributed by atoms with van der Waals surface area (Å²) in [4.78, 5) is 2.46. The molecular formula is C22H25Cl2N3O. The molecule has 1 N–H and O–H groups in total. The van der Waals surface area contributed by atoms with Gasteiger partial charge in [-0.15, -0.1) is 0 Å². The number of hydrogen-bond acceptors (Lipinski definition) is 4. The van der Waals surface area contributed by atoms with Gasteiger partial charge in [0.1, 0.15) is 0 Å². The van der Waals surface area contributed by atoms with E-state index in [1.165, 1.54) is 22.4 Å². The minimum Gasteiger partial charge on any atom is -0.379 e. The second kappa shape index (κ2) is 8.75. The maximum absolute atomic E-state index is 6.41. The summed E-state index contributed by atoms with van der Waals surface area (Å²) >= 11 is 12.6. The smallest absolute Gasteiger partial charge is 0.0844 e. The molecule has 6 heteroatoms. The summed E-state index contributed by atoms with van der Waals surface area (Å²) in [6.45, 7) is 7.57. The van der Waals surface area contributed by atoms with Gasteiger partial charge in [0.25, 0.3) is 0 Å². The fourth-order valence-electron chi connectivity index (χ4n) is 3.74. The molecule has 0 aliphatic carbocycles. The van der Waals surface area contributed by atoms with E-state index in [1.807, 2.05) is 18.2 Å². The van der Waals surface area contributed by atoms with E-state index in [0.717, 1.165) is 51.5 Å². The van der Waals surface area contributed by atoms with E-state index < -0.39 is 0 Å². The third-order valence-electron chi connectivity index (χ3n) is 5.39. The molecule has 0 spiro atoms. The molecule has 0 aromatic heterocycles. The lowest BCUT2D eigenvalue weighted by Crippen LogP contribution is -2.36. The molecule has 1 saturated heterocycles. The minimum atomic E-state index is 0.572. The van der Waals surface area contributed by atoms with Crippen LogP contribution in [0.5, 0.6) is 0 Å². The van der Waals surface area contributed by atoms with Crippen LogP contribution in [-0.2, 0) is 17.7 Å². The van der Waals surface area contributed by atoms with E-state index in [0.29, 0.717) is 10.0 Å². The van der Waals surface area contributed by atoms with Crippen molar-refractivity contribution < 1.29 is 4.74 Å². The Morgan fingerprint density at radius 2 is 1.75 bits per heavy atom. The van der Waals surface area contributed by atoms with E-state index in [-0.39, 0.29) is 0 Å². The van der Waals surface area contributed by atoms with Gasteiger partial charge in [-0.2, -0.15) is 0 Å². The Morgan fingerprint density at radius 1 is 1.00 bits per heavy atom. The predicted molar refractivity (Wildman–Crippen MR) is 116 cm³/mol. The molecule has 4 rings (SSSR count). The van der Waals surface area contributed by atoms with Crippen LogP contribution in [0.2, 0.25) is 10.0 Å². The summed E-state index contributed by atoms with van der Waals surface area (Å²) in [6, 6.07) is 14.4. The molecule has 2 aliphatic heterocycles. The SMILES string of the molecule is CC1=C(Cc2ccccc2CN2CCOCC2)NN(c2cccc(Cl)c2Cl)C1. The van der Waals surface area contributed by atoms with Crippen molar-refractivity contribution in [1.82, 2.24) is 10.3 Å². The first-order chi connectivity index (χ1) is 13.6. The van der Waals surface area contributed by atoms with E-state index in [4.69, 9.17) is 27.9 Å². The molecule has 0 saturated carbocycles. The number of ether oxygens (including phenoxy) is 1. The summed E-state index contributed by atoms with van der Waals surface area (Å²) in [5.74, 6) is 0. The van der Waals surface area contributed by atoms with E-state index in [9.17, 15) is 0 Å². The number of rotatable bonds is 5. The molecule has 2 aliphatic rings. The van der Waals surface area contributed by atoms with Crippen LogP contribution in [0.4, 0.5) is 5.69 Å². The Kier molecular flexibility index (Phi) is 6.12. The highest BCUT2D eigenvalue weighted by Crippen LogP contribution is 2.34. The van der Waals surface area contributed by atoms with Gasteiger partial charge in [0.15, 0.2) is 0 Å². The van der Waals surface area contributed by atoms with Crippen LogP contribution in [0.15, 0.2) is 53.7 Å². The Morgan fingerprint density at radius 3 is 2.54 bits per heavy atom. The first-order valence-corrected chi connectivity index (χ1v) is 10.4. The number of allylic oxidation sites excluding steroid dienone is 1. The molecule has 2 aromatic rings. The van der Waals surface area contributed by atoms with Crippen LogP contribution in [0, 0.1) is 0 Å². The van der Waals surface area contributed by atoms with Crippen molar-refractivity contribution in [2.45, 2.75) is 19.9 Å². The molecule has 1 fully saturated rings. The number of anilines is 1. The molecule has 0 atom stereocenters. The summed E-state index contributed by atoms with van der Waals surface area (Å²) < 4.78 is 5.48. The van der Waals surface area contributed by atoms with Gasteiger partial charge in [-0.05, 0) is 35.8 Å². The van der Waals surface area contributed by atoms with Crippen molar-refractivity contribution in [1.29, 1.82) is 0 Å². The molecule has 4 nitrogen and oxygen atoms in total. The van der Waals surface area contributed by atoms with Gasteiger partial charge in [0.05, 0.1) is 35.5 Å². The Bertz CT molecular complexity index is 878. The Balaban J connectivity index is 1.48. The number of benzene rings is 2. The highest BCUT2D eigenvalue weighted by Gasteiger charge is 2.22. The van der Waals surface area contributed by atoms with Gasteiger partial charge in [-0.3, -0.25) is 9.91 Å². The van der Waals surface area contributed by atoms with Gasteiger partial charge in [0, 0.05) is 31.8 Å². The van der Waals surface area contributed by atoms with Crippen molar-refractivity contribution in [3.63, 3.8) is 0 Å². The zero-order valence-electron chi connectivity index (χ0n) is 16.0. The highest BCUT2D eigenvalue weighted by atomic mass is 35.5. The number of nitrogens with zero attached hydrogens (tertiary/aromatic N) is 2. The average Bonchev–Trinajstić information content (AvgIpc) is 3.06. The summed E-state index contributed by atoms with van der Waals surface area (Å²) in [7, 11) is 0. The maximum Gasteiger partial charge on any atom is 0.0844 e. The highest BCUT2D eigenvalue weighted by molar-refractivity contribution is 6.43. The van der Waals surface area contributed by atoms with Crippen molar-refractivity contribution >= 4 is 28.9 Å². The van der Waals surface area contributed by atoms with Gasteiger partial charge in [0.2, 0.25) is 0 Å². The molecule has 28 heavy (non-hydrogen) atoms. The molecule has 2 aromatic carbocycles. The van der Waals surface area contributed by atoms with Crippen LogP contribution >= 0.6 is 23.2 Å². The molecule has 0 radical (unpaired) electrons. The predicted octanol–water partition coefficient (Wildman–Crippen LogP) is 4.67. The van der Waals surface area contributed by atoms with Gasteiger partial charge < -0.3 is 10.2 Å². The second-order valence-corrected chi connectivity index (χ2v) is 8.15. The molecule has 148 valence electrons. The summed E-state index contributed by atoms with van der Waals surface area (Å²) in [6.07, 6.45) is 0.876. The van der Waals surface area contributed by atoms with Crippen molar-refractivity contribution in [3.8, 4) is 0 Å². The van der Waals surface area contributed by atoms with Gasteiger partial charge in [-0.25, -0.2) is 0 Å². The largest absolute Gasteiger partial charge is 0.379 e. The second-order valence-electron chi connectivity index (χ2n) is 7.36. The lowest BCUT2D eigenvalue weighted by atomic mass is 10.0. The van der Waals surface area contributed by atoms with Gasteiger partial charge >= 0.3 is 0 Å². The number of halogens is 2. The van der Waals surface area contributed by atoms with Crippen LogP contribution in [-0.4, -0.2) is 37.7 Å². The minimum absolute atomic E-state index is 0.572. The third-order valence-corrected chi connectivity index (χ3v) is 6.19. The fourth-order valence-corrected chi connectivity index (χ4v) is 4.14. The van der Waals surface area contributed by atoms with Crippen LogP contribution in [0.3, 0.4) is 0 Å². The average molecular weight is 418 g/mol. The van der Waals surface area contributed by atoms with Crippen molar-refractivity contribution in [2.24, 2.45) is 0 Å². The summed E-state index contributed by atoms with van der Waals surface area (Å²) in [5.41, 5.74) is 9.73. The number of morpholine rings is 1. The molecular weight excluding hydrogens is 393 g/mol. The van der Waals surface area contributed by atoms with E-state index in [2.05, 4.69) is 46.5 Å². The lowest BCUT2D eigenvalue weighted by Gasteiger charge is -2.27. The fraction of sp³-hybridized carbons (Fsp3) is 0.364. The first kappa shape index (κ1) is 19.6. The number of hydrogen-bond donors (Lipinski definition) is 1. The zero-order chi connectivity index (χ0) is 19.5. The van der Waals surface area contributed by atoms with Gasteiger partial charge in [-0.1, -0.05) is 53.5 Å². The van der Waals surface area contributed by atoms with E-state index in [1.54, 1.807) is 0 Å². The van der Waals surface area contributed by atoms with Crippen LogP contribution in [0.1, 0.15) is 18.1 Å². The monoisotopic (exact) mass is 417 g/mol. The van der Waals surface area contributed by atoms with Crippen molar-refractivity contribution in [3.05, 3.63) is 74.9 Å². The molecule has 0 unspecified atom stereocenters. The topological polar surface area (TPSA) is 27.7 Å². The first-order valence-electron chi connectivity index (χ1n) is 9.65. The Hall–Kier alpha value is -1.72. The Labute approximate surface area is 176 Å². The number of nitrogens with one attached hydrogen (secondary N) is 1. The quantitative estimate of drug-likeness (QED) is 0.764. The molecule has 2 heterocycles. The molecule has 0 amide bonds. The summed E-state index contributed by atoms with van der Waals surface area (Å²) in [5, 5.41) is 3.23. The van der Waals surface area contributed by atoms with Crippen LogP contribution < -0.4 is 10.4 Å². The molecule has 0 bridgehead atoms.